The molecule has 1 aliphatic carbocycles. The van der Waals surface area contributed by atoms with Gasteiger partial charge in [-0.3, -0.25) is 0 Å². The summed E-state index contributed by atoms with van der Waals surface area (Å²) in [5.74, 6) is -0.931. The van der Waals surface area contributed by atoms with Crippen molar-refractivity contribution in [2.24, 2.45) is 0 Å². The van der Waals surface area contributed by atoms with Crippen LogP contribution in [0.15, 0.2) is 0 Å². The molecule has 2 saturated heterocycles. The quantitative estimate of drug-likeness (QED) is 0.557. The van der Waals surface area contributed by atoms with E-state index in [-0.39, 0.29) is 6.73 Å². The molecule has 1 saturated carbocycles. The maximum Gasteiger partial charge on any atom is 0.341 e. The Labute approximate surface area is 119 Å². The van der Waals surface area contributed by atoms with Crippen LogP contribution in [0.4, 0.5) is 0 Å². The van der Waals surface area contributed by atoms with Crippen molar-refractivity contribution in [2.45, 2.75) is 63.6 Å². The number of fused-ring (bicyclic) bond motifs is 1. The molecule has 0 radical (unpaired) electrons. The van der Waals surface area contributed by atoms with Crippen LogP contribution in [0, 0.1) is 0 Å². The SMILES string of the molecule is CC(C)(C)OC(=O)[C@@]12CCCN1N(C1CC1)COC2=O. The fourth-order valence-corrected chi connectivity index (χ4v) is 3.00. The van der Waals surface area contributed by atoms with Crippen LogP contribution in [0.2, 0.25) is 0 Å². The molecule has 3 fully saturated rings. The molecule has 20 heavy (non-hydrogen) atoms. The van der Waals surface area contributed by atoms with Gasteiger partial charge in [0.1, 0.15) is 5.60 Å². The zero-order valence-corrected chi connectivity index (χ0v) is 12.3. The Morgan fingerprint density at radius 2 is 2.10 bits per heavy atom. The fourth-order valence-electron chi connectivity index (χ4n) is 3.00. The Morgan fingerprint density at radius 1 is 1.40 bits per heavy atom. The molecule has 0 bridgehead atoms. The molecule has 112 valence electrons. The van der Waals surface area contributed by atoms with Gasteiger partial charge in [0.2, 0.25) is 5.54 Å². The summed E-state index contributed by atoms with van der Waals surface area (Å²) >= 11 is 0. The number of rotatable bonds is 2. The van der Waals surface area contributed by atoms with E-state index in [1.54, 1.807) is 0 Å². The first-order valence-electron chi connectivity index (χ1n) is 7.29. The van der Waals surface area contributed by atoms with Crippen LogP contribution in [-0.2, 0) is 19.1 Å². The molecule has 3 rings (SSSR count). The van der Waals surface area contributed by atoms with Gasteiger partial charge in [-0.05, 0) is 46.5 Å². The van der Waals surface area contributed by atoms with E-state index in [0.29, 0.717) is 19.0 Å². The molecule has 6 nitrogen and oxygen atoms in total. The molecule has 6 heteroatoms. The first-order chi connectivity index (χ1) is 9.34. The van der Waals surface area contributed by atoms with Crippen molar-refractivity contribution in [3.8, 4) is 0 Å². The summed E-state index contributed by atoms with van der Waals surface area (Å²) in [6.07, 6.45) is 3.47. The van der Waals surface area contributed by atoms with Gasteiger partial charge in [0, 0.05) is 12.6 Å². The lowest BCUT2D eigenvalue weighted by molar-refractivity contribution is -0.229. The molecule has 0 amide bonds. The van der Waals surface area contributed by atoms with Crippen LogP contribution >= 0.6 is 0 Å². The van der Waals surface area contributed by atoms with Gasteiger partial charge in [-0.25, -0.2) is 19.6 Å². The highest BCUT2D eigenvalue weighted by Crippen LogP contribution is 2.41. The Morgan fingerprint density at radius 3 is 2.70 bits per heavy atom. The molecule has 0 aromatic heterocycles. The Balaban J connectivity index is 1.89. The number of esters is 2. The minimum atomic E-state index is -1.26. The smallest absolute Gasteiger partial charge is 0.341 e. The van der Waals surface area contributed by atoms with Gasteiger partial charge in [-0.2, -0.15) is 0 Å². The predicted molar refractivity (Wildman–Crippen MR) is 70.3 cm³/mol. The van der Waals surface area contributed by atoms with Gasteiger partial charge in [0.15, 0.2) is 6.73 Å². The van der Waals surface area contributed by atoms with E-state index in [9.17, 15) is 9.59 Å². The highest BCUT2D eigenvalue weighted by atomic mass is 16.6. The zero-order valence-electron chi connectivity index (χ0n) is 12.3. The molecule has 3 aliphatic rings. The summed E-state index contributed by atoms with van der Waals surface area (Å²) in [7, 11) is 0. The lowest BCUT2D eigenvalue weighted by Crippen LogP contribution is -2.68. The molecule has 1 atom stereocenters. The second kappa shape index (κ2) is 4.43. The van der Waals surface area contributed by atoms with Gasteiger partial charge >= 0.3 is 11.9 Å². The average Bonchev–Trinajstić information content (AvgIpc) is 3.05. The number of hydrogen-bond donors (Lipinski definition) is 0. The van der Waals surface area contributed by atoms with Gasteiger partial charge in [-0.15, -0.1) is 0 Å². The van der Waals surface area contributed by atoms with Gasteiger partial charge in [0.05, 0.1) is 0 Å². The first-order valence-corrected chi connectivity index (χ1v) is 7.29. The average molecular weight is 282 g/mol. The predicted octanol–water partition coefficient (Wildman–Crippen LogP) is 1.06. The number of hydrazine groups is 1. The van der Waals surface area contributed by atoms with Crippen molar-refractivity contribution in [3.63, 3.8) is 0 Å². The van der Waals surface area contributed by atoms with Crippen LogP contribution in [0.25, 0.3) is 0 Å². The number of carbonyl (C=O) groups is 2. The van der Waals surface area contributed by atoms with Gasteiger partial charge in [-0.1, -0.05) is 0 Å². The second-order valence-electron chi connectivity index (χ2n) is 6.82. The van der Waals surface area contributed by atoms with Crippen LogP contribution in [0.3, 0.4) is 0 Å². The van der Waals surface area contributed by atoms with Crippen LogP contribution in [-0.4, -0.2) is 52.4 Å². The monoisotopic (exact) mass is 282 g/mol. The van der Waals surface area contributed by atoms with E-state index < -0.39 is 23.1 Å². The fraction of sp³-hybridized carbons (Fsp3) is 0.857. The lowest BCUT2D eigenvalue weighted by atomic mass is 9.96. The number of ether oxygens (including phenoxy) is 2. The highest BCUT2D eigenvalue weighted by molar-refractivity contribution is 6.05. The second-order valence-corrected chi connectivity index (χ2v) is 6.82. The largest absolute Gasteiger partial charge is 0.458 e. The molecule has 0 unspecified atom stereocenters. The highest BCUT2D eigenvalue weighted by Gasteiger charge is 2.62. The van der Waals surface area contributed by atoms with E-state index >= 15 is 0 Å². The Bertz CT molecular complexity index is 441. The summed E-state index contributed by atoms with van der Waals surface area (Å²) in [6, 6.07) is 0.406. The summed E-state index contributed by atoms with van der Waals surface area (Å²) < 4.78 is 10.8. The summed E-state index contributed by atoms with van der Waals surface area (Å²) in [6.45, 7) is 6.41. The molecular formula is C14H22N2O4. The molecular weight excluding hydrogens is 260 g/mol. The van der Waals surface area contributed by atoms with E-state index in [0.717, 1.165) is 19.3 Å². The molecule has 2 aliphatic heterocycles. The minimum Gasteiger partial charge on any atom is -0.458 e. The first kappa shape index (κ1) is 13.8. The van der Waals surface area contributed by atoms with Gasteiger partial charge < -0.3 is 9.47 Å². The molecule has 0 aromatic rings. The van der Waals surface area contributed by atoms with Crippen molar-refractivity contribution in [1.29, 1.82) is 0 Å². The van der Waals surface area contributed by atoms with Crippen LogP contribution < -0.4 is 0 Å². The third-order valence-electron chi connectivity index (χ3n) is 4.03. The Kier molecular flexibility index (Phi) is 3.06. The van der Waals surface area contributed by atoms with Crippen LogP contribution in [0.5, 0.6) is 0 Å². The zero-order chi connectivity index (χ0) is 14.5. The van der Waals surface area contributed by atoms with Crippen LogP contribution in [0.1, 0.15) is 46.5 Å². The van der Waals surface area contributed by atoms with Crippen molar-refractivity contribution in [1.82, 2.24) is 10.0 Å². The van der Waals surface area contributed by atoms with E-state index in [2.05, 4.69) is 0 Å². The summed E-state index contributed by atoms with van der Waals surface area (Å²) in [4.78, 5) is 24.9. The number of cyclic esters (lactones) is 1. The Hall–Kier alpha value is -1.14. The maximum absolute atomic E-state index is 12.6. The third kappa shape index (κ3) is 2.11. The van der Waals surface area contributed by atoms with Gasteiger partial charge in [0.25, 0.3) is 0 Å². The topological polar surface area (TPSA) is 59.1 Å². The minimum absolute atomic E-state index is 0.258. The number of carbonyl (C=O) groups excluding carboxylic acids is 2. The van der Waals surface area contributed by atoms with E-state index in [1.165, 1.54) is 0 Å². The van der Waals surface area contributed by atoms with Crippen molar-refractivity contribution < 1.29 is 19.1 Å². The third-order valence-corrected chi connectivity index (χ3v) is 4.03. The number of nitrogens with zero attached hydrogens (tertiary/aromatic N) is 2. The maximum atomic E-state index is 12.6. The molecule has 0 spiro atoms. The normalized spacial score (nSPS) is 31.9. The van der Waals surface area contributed by atoms with E-state index in [4.69, 9.17) is 9.47 Å². The van der Waals surface area contributed by atoms with Crippen molar-refractivity contribution in [3.05, 3.63) is 0 Å². The van der Waals surface area contributed by atoms with E-state index in [1.807, 2.05) is 30.8 Å². The van der Waals surface area contributed by atoms with Crippen molar-refractivity contribution >= 4 is 11.9 Å². The standard InChI is InChI=1S/C14H22N2O4/c1-13(2,3)20-12(18)14-7-4-8-16(14)15(10-5-6-10)9-19-11(14)17/h10H,4-9H2,1-3H3/t14-/m0/s1. The molecule has 0 aromatic carbocycles. The summed E-state index contributed by atoms with van der Waals surface area (Å²) in [5, 5.41) is 3.95. The lowest BCUT2D eigenvalue weighted by Gasteiger charge is -2.45. The number of hydrogen-bond acceptors (Lipinski definition) is 6. The van der Waals surface area contributed by atoms with Crippen molar-refractivity contribution in [2.75, 3.05) is 13.3 Å². The summed E-state index contributed by atoms with van der Waals surface area (Å²) in [5.41, 5.74) is -1.86. The molecule has 2 heterocycles. The molecule has 0 N–H and O–H groups in total.